The summed E-state index contributed by atoms with van der Waals surface area (Å²) in [5.41, 5.74) is 5.24. The van der Waals surface area contributed by atoms with Crippen LogP contribution in [0.5, 0.6) is 0 Å². The first-order valence-electron chi connectivity index (χ1n) is 25.9. The second-order valence-corrected chi connectivity index (χ2v) is 32.3. The van der Waals surface area contributed by atoms with Crippen LogP contribution in [0.2, 0.25) is 36.3 Å². The van der Waals surface area contributed by atoms with Crippen molar-refractivity contribution in [3.63, 3.8) is 0 Å². The highest BCUT2D eigenvalue weighted by atomic mass is 32.2. The summed E-state index contributed by atoms with van der Waals surface area (Å²) in [6.45, 7) is 25.6. The first-order valence-corrected chi connectivity index (χ1v) is 32.9. The fourth-order valence-corrected chi connectivity index (χ4v) is 14.8. The minimum absolute atomic E-state index is 0.00693. The summed E-state index contributed by atoms with van der Waals surface area (Å²) in [7, 11) is -9.32. The molecule has 0 aliphatic heterocycles. The second-order valence-electron chi connectivity index (χ2n) is 20.6. The number of hydrogen-bond donors (Lipinski definition) is 0. The Morgan fingerprint density at radius 2 is 1.08 bits per heavy atom. The Morgan fingerprint density at radius 1 is 0.625 bits per heavy atom. The summed E-state index contributed by atoms with van der Waals surface area (Å²) in [5, 5.41) is -1.62. The fourth-order valence-electron chi connectivity index (χ4n) is 8.75. The molecule has 0 spiro atoms. The second kappa shape index (κ2) is 28.2. The van der Waals surface area contributed by atoms with Crippen LogP contribution in [0.4, 0.5) is 0 Å². The van der Waals surface area contributed by atoms with E-state index in [9.17, 15) is 0 Å². The van der Waals surface area contributed by atoms with E-state index < -0.39 is 49.7 Å². The minimum atomic E-state index is -4.32. The normalized spacial score (nSPS) is 14.8. The quantitative estimate of drug-likeness (QED) is 0.0246. The summed E-state index contributed by atoms with van der Waals surface area (Å²) < 4.78 is 65.2. The van der Waals surface area contributed by atoms with Gasteiger partial charge in [-0.1, -0.05) is 201 Å². The van der Waals surface area contributed by atoms with E-state index >= 15 is 13.2 Å². The van der Waals surface area contributed by atoms with Crippen molar-refractivity contribution in [3.8, 4) is 0 Å². The molecule has 72 heavy (non-hydrogen) atoms. The number of benzene rings is 5. The highest BCUT2D eigenvalue weighted by Crippen LogP contribution is 2.40. The third-order valence-corrected chi connectivity index (χ3v) is 25.9. The summed E-state index contributed by atoms with van der Waals surface area (Å²) in [5.74, 6) is -0.561. The summed E-state index contributed by atoms with van der Waals surface area (Å²) in [4.78, 5) is 16.3. The molecule has 0 saturated carbocycles. The van der Waals surface area contributed by atoms with Crippen LogP contribution in [0.1, 0.15) is 83.6 Å². The lowest BCUT2D eigenvalue weighted by atomic mass is 9.90. The first-order chi connectivity index (χ1) is 34.4. The Kier molecular flexibility index (Phi) is 22.8. The van der Waals surface area contributed by atoms with Gasteiger partial charge in [0.25, 0.3) is 0 Å². The minimum Gasteiger partial charge on any atom is -0.414 e. The molecule has 0 aromatic heterocycles. The zero-order valence-corrected chi connectivity index (χ0v) is 47.4. The molecule has 1 unspecified atom stereocenters. The average molecular weight is 1030 g/mol. The van der Waals surface area contributed by atoms with E-state index in [0.717, 1.165) is 41.2 Å². The van der Waals surface area contributed by atoms with Crippen molar-refractivity contribution in [2.45, 2.75) is 152 Å². The number of carbonyl (C=O) groups excluding carboxylic acids is 1. The van der Waals surface area contributed by atoms with E-state index in [2.05, 4.69) is 73.7 Å². The largest absolute Gasteiger partial charge is 0.414 e. The maximum Gasteiger partial charge on any atom is 0.193 e. The van der Waals surface area contributed by atoms with Crippen LogP contribution in [0.15, 0.2) is 180 Å². The van der Waals surface area contributed by atoms with Gasteiger partial charge in [-0.25, -0.2) is 8.42 Å². The standard InChI is InChI=1S/C61H82O8SSi2/c1-11-72(12-2,13-3)69-59(49(5)54(47-66-45-52-33-23-16-24-34-52)41-42-65-44-51-31-21-15-22-32-51)60(67-46-53-35-25-17-26-36-53)58(62)57(70(63,64)55-37-27-18-28-38-55)40-39-56(68-71(9,10)61(6,7)8)48(4)43-50-29-19-14-20-30-50/h14-38,41,48,56-57,59-60H,5,11-13,39-40,42-47H2,1-4,6-10H3/b54-41+/t48-,56-,57?,59+,60-/m1/s1. The molecule has 0 heterocycles. The third-order valence-electron chi connectivity index (χ3n) is 14.6. The molecule has 0 bridgehead atoms. The van der Waals surface area contributed by atoms with Gasteiger partial charge in [-0.05, 0) is 107 Å². The highest BCUT2D eigenvalue weighted by Gasteiger charge is 2.47. The van der Waals surface area contributed by atoms with Crippen molar-refractivity contribution >= 4 is 32.3 Å². The van der Waals surface area contributed by atoms with Crippen LogP contribution in [0, 0.1) is 5.92 Å². The van der Waals surface area contributed by atoms with Crippen molar-refractivity contribution < 1.29 is 36.3 Å². The van der Waals surface area contributed by atoms with E-state index in [1.807, 2.05) is 115 Å². The molecule has 8 nitrogen and oxygen atoms in total. The Bertz CT molecular complexity index is 2500. The first kappa shape index (κ1) is 58.3. The Morgan fingerprint density at radius 3 is 1.57 bits per heavy atom. The Balaban J connectivity index is 1.65. The van der Waals surface area contributed by atoms with Crippen molar-refractivity contribution in [1.82, 2.24) is 0 Å². The molecule has 0 fully saturated rings. The van der Waals surface area contributed by atoms with Crippen molar-refractivity contribution in [3.05, 3.63) is 198 Å². The van der Waals surface area contributed by atoms with Gasteiger partial charge in [-0.15, -0.1) is 0 Å². The molecule has 0 amide bonds. The van der Waals surface area contributed by atoms with Gasteiger partial charge in [0.05, 0.1) is 37.9 Å². The Labute approximate surface area is 435 Å². The van der Waals surface area contributed by atoms with Crippen molar-refractivity contribution in [1.29, 1.82) is 0 Å². The molecule has 5 rings (SSSR count). The van der Waals surface area contributed by atoms with Crippen LogP contribution in [0.25, 0.3) is 0 Å². The van der Waals surface area contributed by atoms with Crippen LogP contribution >= 0.6 is 0 Å². The molecule has 0 aliphatic carbocycles. The summed E-state index contributed by atoms with van der Waals surface area (Å²) in [6, 6.07) is 50.6. The monoisotopic (exact) mass is 1030 g/mol. The zero-order valence-electron chi connectivity index (χ0n) is 44.6. The topological polar surface area (TPSA) is 97.4 Å². The highest BCUT2D eigenvalue weighted by molar-refractivity contribution is 7.92. The van der Waals surface area contributed by atoms with E-state index in [-0.39, 0.29) is 48.2 Å². The van der Waals surface area contributed by atoms with Crippen LogP contribution in [-0.2, 0) is 63.9 Å². The van der Waals surface area contributed by atoms with Gasteiger partial charge in [0.1, 0.15) is 17.5 Å². The van der Waals surface area contributed by atoms with E-state index in [1.165, 1.54) is 5.56 Å². The molecule has 0 radical (unpaired) electrons. The van der Waals surface area contributed by atoms with E-state index in [1.54, 1.807) is 30.3 Å². The molecular weight excluding hydrogens is 949 g/mol. The number of hydrogen-bond acceptors (Lipinski definition) is 8. The molecule has 0 aliphatic rings. The lowest BCUT2D eigenvalue weighted by molar-refractivity contribution is -0.136. The number of ketones is 1. The van der Waals surface area contributed by atoms with Gasteiger partial charge >= 0.3 is 0 Å². The van der Waals surface area contributed by atoms with Crippen molar-refractivity contribution in [2.75, 3.05) is 13.2 Å². The molecule has 5 aromatic rings. The lowest BCUT2D eigenvalue weighted by Gasteiger charge is -2.41. The number of ether oxygens (including phenoxy) is 3. The molecule has 388 valence electrons. The van der Waals surface area contributed by atoms with Crippen LogP contribution < -0.4 is 0 Å². The van der Waals surface area contributed by atoms with Crippen LogP contribution in [-0.4, -0.2) is 67.6 Å². The number of sulfone groups is 1. The van der Waals surface area contributed by atoms with Gasteiger partial charge < -0.3 is 23.1 Å². The Hall–Kier alpha value is -4.57. The fraction of sp³-hybridized carbons (Fsp3) is 0.426. The lowest BCUT2D eigenvalue weighted by Crippen LogP contribution is -2.52. The van der Waals surface area contributed by atoms with Gasteiger partial charge in [0.15, 0.2) is 32.3 Å². The maximum atomic E-state index is 16.2. The average Bonchev–Trinajstić information content (AvgIpc) is 3.38. The third kappa shape index (κ3) is 17.0. The number of rotatable bonds is 31. The van der Waals surface area contributed by atoms with Crippen molar-refractivity contribution in [2.24, 2.45) is 5.92 Å². The molecule has 5 aromatic carbocycles. The van der Waals surface area contributed by atoms with E-state index in [4.69, 9.17) is 29.6 Å². The number of carbonyl (C=O) groups is 1. The predicted octanol–water partition coefficient (Wildman–Crippen LogP) is 14.3. The maximum absolute atomic E-state index is 16.2. The smallest absolute Gasteiger partial charge is 0.193 e. The predicted molar refractivity (Wildman–Crippen MR) is 300 cm³/mol. The molecule has 11 heteroatoms. The van der Waals surface area contributed by atoms with Gasteiger partial charge in [0, 0.05) is 6.10 Å². The van der Waals surface area contributed by atoms with Gasteiger partial charge in [-0.2, -0.15) is 0 Å². The summed E-state index contributed by atoms with van der Waals surface area (Å²) in [6.07, 6.45) is 0.249. The molecule has 5 atom stereocenters. The SMILES string of the molecule is C=C(/C(=C/COCc1ccccc1)COCc1ccccc1)[C@H](O[Si](CC)(CC)CC)[C@H](OCc1ccccc1)C(=O)C(CC[C@@H](O[Si](C)(C)C(C)(C)C)[C@H](C)Cc1ccccc1)S(=O)(=O)c1ccccc1. The molecule has 0 saturated heterocycles. The molecular formula is C61H82O8SSi2. The van der Waals surface area contributed by atoms with Gasteiger partial charge in [-0.3, -0.25) is 4.79 Å². The number of Topliss-reactive ketones (excluding diaryl/α,β-unsaturated/α-hetero) is 1. The van der Waals surface area contributed by atoms with Crippen LogP contribution in [0.3, 0.4) is 0 Å². The zero-order chi connectivity index (χ0) is 52.2. The summed E-state index contributed by atoms with van der Waals surface area (Å²) >= 11 is 0. The molecule has 0 N–H and O–H groups in total. The van der Waals surface area contributed by atoms with Gasteiger partial charge in [0.2, 0.25) is 0 Å². The van der Waals surface area contributed by atoms with E-state index in [0.29, 0.717) is 30.8 Å².